The van der Waals surface area contributed by atoms with Crippen molar-refractivity contribution in [3.8, 4) is 23.0 Å². The Kier molecular flexibility index (Phi) is 20.1. The summed E-state index contributed by atoms with van der Waals surface area (Å²) in [5.41, 5.74) is 2.69. The van der Waals surface area contributed by atoms with Crippen molar-refractivity contribution >= 4 is 0 Å². The Labute approximate surface area is 354 Å². The molecule has 2 aromatic rings. The van der Waals surface area contributed by atoms with Crippen LogP contribution in [0.25, 0.3) is 0 Å². The molecule has 58 heavy (non-hydrogen) atoms. The van der Waals surface area contributed by atoms with E-state index in [9.17, 15) is 0 Å². The van der Waals surface area contributed by atoms with E-state index in [1.807, 2.05) is 0 Å². The smallest absolute Gasteiger partial charge is 0.161 e. The molecule has 4 fully saturated rings. The molecule has 4 heterocycles. The Bertz CT molecular complexity index is 1290. The second kappa shape index (κ2) is 26.0. The van der Waals surface area contributed by atoms with Crippen LogP contribution < -0.4 is 38.5 Å². The van der Waals surface area contributed by atoms with E-state index in [0.717, 1.165) is 88.0 Å². The van der Waals surface area contributed by atoms with Gasteiger partial charge in [-0.25, -0.2) is 0 Å². The largest absolute Gasteiger partial charge is 0.489 e. The van der Waals surface area contributed by atoms with E-state index in [0.29, 0.717) is 11.8 Å². The number of piperidine rings is 4. The molecule has 326 valence electrons. The summed E-state index contributed by atoms with van der Waals surface area (Å²) in [4.78, 5) is 7.01. The van der Waals surface area contributed by atoms with Crippen molar-refractivity contribution < 1.29 is 38.5 Å². The number of benzene rings is 2. The van der Waals surface area contributed by atoms with E-state index in [4.69, 9.17) is 18.9 Å². The average Bonchev–Trinajstić information content (AvgIpc) is 3.26. The lowest BCUT2D eigenvalue weighted by Gasteiger charge is -2.24. The number of likely N-dealkylation sites (tertiary alicyclic amines) is 4. The second-order valence-electron chi connectivity index (χ2n) is 19.0. The van der Waals surface area contributed by atoms with Crippen LogP contribution in [-0.2, 0) is 12.8 Å². The van der Waals surface area contributed by atoms with E-state index >= 15 is 0 Å². The van der Waals surface area contributed by atoms with Gasteiger partial charge in [-0.3, -0.25) is 0 Å². The fraction of sp³-hybridized carbons (Fsp3) is 0.760. The van der Waals surface area contributed by atoms with Gasteiger partial charge in [0.2, 0.25) is 0 Å². The standard InChI is InChI=1S/C50H82N4O4/c1-43(39-45-19-21-47(55-35-15-31-51-23-7-3-8-24-51)49(41-45)57-37-17-33-53-27-11-5-12-28-53)44(2)40-46-20-22-48(56-36-16-32-52-25-9-4-10-26-52)50(42-46)58-38-18-34-54-29-13-6-14-30-54/h19-22,41-44H,3-18,23-40H2,1-2H3/p+4/t43-,44+. The Balaban J connectivity index is 1.02. The molecule has 0 radical (unpaired) electrons. The molecule has 4 saturated heterocycles. The lowest BCUT2D eigenvalue weighted by atomic mass is 9.85. The summed E-state index contributed by atoms with van der Waals surface area (Å²) in [7, 11) is 0. The molecule has 8 heteroatoms. The average molecular weight is 807 g/mol. The zero-order valence-corrected chi connectivity index (χ0v) is 37.3. The first kappa shape index (κ1) is 45.0. The highest BCUT2D eigenvalue weighted by molar-refractivity contribution is 5.44. The van der Waals surface area contributed by atoms with Gasteiger partial charge in [-0.15, -0.1) is 0 Å². The van der Waals surface area contributed by atoms with Gasteiger partial charge in [0.1, 0.15) is 0 Å². The lowest BCUT2D eigenvalue weighted by molar-refractivity contribution is -0.905. The molecule has 0 amide bonds. The van der Waals surface area contributed by atoms with Gasteiger partial charge in [0.05, 0.1) is 105 Å². The maximum Gasteiger partial charge on any atom is 0.161 e. The van der Waals surface area contributed by atoms with Gasteiger partial charge in [-0.1, -0.05) is 26.0 Å². The zero-order valence-electron chi connectivity index (χ0n) is 37.3. The van der Waals surface area contributed by atoms with E-state index in [1.165, 1.54) is 167 Å². The summed E-state index contributed by atoms with van der Waals surface area (Å²) in [5.74, 6) is 4.74. The third-order valence-electron chi connectivity index (χ3n) is 14.1. The van der Waals surface area contributed by atoms with Gasteiger partial charge in [0.15, 0.2) is 23.0 Å². The highest BCUT2D eigenvalue weighted by Crippen LogP contribution is 2.33. The molecule has 4 aliphatic rings. The minimum Gasteiger partial charge on any atom is -0.489 e. The third kappa shape index (κ3) is 16.2. The SMILES string of the molecule is C[C@H](Cc1ccc(OCCC[NH+]2CCCCC2)c(OCCC[NH+]2CCCCC2)c1)[C@@H](C)Cc1ccc(OCCC[NH+]2CCCCC2)c(OCCC[NH+]2CCCCC2)c1. The van der Waals surface area contributed by atoms with E-state index in [1.54, 1.807) is 19.6 Å². The molecular formula is C50H86N4O4+4. The van der Waals surface area contributed by atoms with Crippen LogP contribution in [0.1, 0.15) is 128 Å². The van der Waals surface area contributed by atoms with Crippen molar-refractivity contribution in [1.29, 1.82) is 0 Å². The third-order valence-corrected chi connectivity index (χ3v) is 14.1. The van der Waals surface area contributed by atoms with Crippen molar-refractivity contribution in [3.63, 3.8) is 0 Å². The minimum atomic E-state index is 0.514. The summed E-state index contributed by atoms with van der Waals surface area (Å²) >= 11 is 0. The molecule has 0 aromatic heterocycles. The van der Waals surface area contributed by atoms with Crippen LogP contribution in [0.15, 0.2) is 36.4 Å². The van der Waals surface area contributed by atoms with Crippen molar-refractivity contribution in [1.82, 2.24) is 0 Å². The zero-order chi connectivity index (χ0) is 40.0. The van der Waals surface area contributed by atoms with Crippen LogP contribution in [0.2, 0.25) is 0 Å². The summed E-state index contributed by atoms with van der Waals surface area (Å²) < 4.78 is 26.0. The Morgan fingerprint density at radius 2 is 0.655 bits per heavy atom. The Morgan fingerprint density at radius 3 is 0.948 bits per heavy atom. The Hall–Kier alpha value is -2.52. The minimum absolute atomic E-state index is 0.514. The summed E-state index contributed by atoms with van der Waals surface area (Å²) in [6.45, 7) is 23.3. The predicted molar refractivity (Wildman–Crippen MR) is 237 cm³/mol. The number of nitrogens with one attached hydrogen (secondary N) is 4. The maximum absolute atomic E-state index is 6.55. The fourth-order valence-electron chi connectivity index (χ4n) is 10.2. The number of hydrogen-bond acceptors (Lipinski definition) is 4. The number of ether oxygens (including phenoxy) is 4. The molecule has 0 bridgehead atoms. The summed E-state index contributed by atoms with van der Waals surface area (Å²) in [6.07, 6.45) is 23.1. The van der Waals surface area contributed by atoms with Crippen LogP contribution in [0, 0.1) is 11.8 Å². The van der Waals surface area contributed by atoms with E-state index < -0.39 is 0 Å². The Morgan fingerprint density at radius 1 is 0.379 bits per heavy atom. The first-order chi connectivity index (χ1) is 28.6. The van der Waals surface area contributed by atoms with Gasteiger partial charge in [-0.05, 0) is 137 Å². The van der Waals surface area contributed by atoms with Crippen LogP contribution in [-0.4, -0.2) is 105 Å². The second-order valence-corrected chi connectivity index (χ2v) is 19.0. The summed E-state index contributed by atoms with van der Waals surface area (Å²) in [6, 6.07) is 13.5. The van der Waals surface area contributed by atoms with Crippen LogP contribution >= 0.6 is 0 Å². The molecule has 6 rings (SSSR count). The first-order valence-electron chi connectivity index (χ1n) is 24.7. The van der Waals surface area contributed by atoms with Crippen LogP contribution in [0.5, 0.6) is 23.0 Å². The highest BCUT2D eigenvalue weighted by atomic mass is 16.5. The van der Waals surface area contributed by atoms with E-state index in [2.05, 4.69) is 50.2 Å². The topological polar surface area (TPSA) is 54.7 Å². The van der Waals surface area contributed by atoms with Crippen LogP contribution in [0.4, 0.5) is 0 Å². The maximum atomic E-state index is 6.55. The van der Waals surface area contributed by atoms with Crippen molar-refractivity contribution in [2.24, 2.45) is 11.8 Å². The molecule has 4 N–H and O–H groups in total. The monoisotopic (exact) mass is 807 g/mol. The molecule has 2 atom stereocenters. The van der Waals surface area contributed by atoms with Gasteiger partial charge in [0, 0.05) is 25.7 Å². The first-order valence-corrected chi connectivity index (χ1v) is 24.7. The molecule has 8 nitrogen and oxygen atoms in total. The number of rotatable bonds is 25. The van der Waals surface area contributed by atoms with E-state index in [-0.39, 0.29) is 0 Å². The van der Waals surface area contributed by atoms with Crippen molar-refractivity contribution in [2.75, 3.05) is 105 Å². The van der Waals surface area contributed by atoms with Crippen molar-refractivity contribution in [2.45, 2.75) is 129 Å². The predicted octanol–water partition coefficient (Wildman–Crippen LogP) is 4.09. The molecule has 0 spiro atoms. The molecule has 4 aliphatic heterocycles. The van der Waals surface area contributed by atoms with Crippen molar-refractivity contribution in [3.05, 3.63) is 47.5 Å². The van der Waals surface area contributed by atoms with Crippen LogP contribution in [0.3, 0.4) is 0 Å². The molecule has 0 unspecified atom stereocenters. The van der Waals surface area contributed by atoms with Gasteiger partial charge < -0.3 is 38.5 Å². The number of quaternary nitrogens is 4. The highest BCUT2D eigenvalue weighted by Gasteiger charge is 2.20. The fourth-order valence-corrected chi connectivity index (χ4v) is 10.2. The molecule has 2 aromatic carbocycles. The van der Waals surface area contributed by atoms with Gasteiger partial charge >= 0.3 is 0 Å². The quantitative estimate of drug-likeness (QED) is 0.114. The normalized spacial score (nSPS) is 20.1. The molecule has 0 saturated carbocycles. The number of hydrogen-bond donors (Lipinski definition) is 4. The van der Waals surface area contributed by atoms with Gasteiger partial charge in [0.25, 0.3) is 0 Å². The molecular weight excluding hydrogens is 721 g/mol. The summed E-state index contributed by atoms with van der Waals surface area (Å²) in [5, 5.41) is 0. The lowest BCUT2D eigenvalue weighted by Crippen LogP contribution is -3.12. The van der Waals surface area contributed by atoms with Gasteiger partial charge in [-0.2, -0.15) is 0 Å². The molecule has 0 aliphatic carbocycles.